The number of para-hydroxylation sites is 1. The maximum absolute atomic E-state index is 13.4. The van der Waals surface area contributed by atoms with Crippen LogP contribution in [0.1, 0.15) is 5.69 Å². The molecule has 192 valence electrons. The average molecular weight is 550 g/mol. The normalized spacial score (nSPS) is 11.1. The van der Waals surface area contributed by atoms with Gasteiger partial charge in [-0.25, -0.2) is 4.68 Å². The number of rotatable bonds is 6. The number of ether oxygens (including phenoxy) is 1. The number of nitrogens with one attached hydrogen (secondary N) is 1. The van der Waals surface area contributed by atoms with Gasteiger partial charge in [0, 0.05) is 22.7 Å². The molecule has 8 nitrogen and oxygen atoms in total. The van der Waals surface area contributed by atoms with Crippen molar-refractivity contribution in [1.29, 1.82) is 0 Å². The van der Waals surface area contributed by atoms with Crippen LogP contribution in [0.25, 0.3) is 28.0 Å². The maximum Gasteiger partial charge on any atom is 0.295 e. The first-order valence-corrected chi connectivity index (χ1v) is 12.3. The van der Waals surface area contributed by atoms with Gasteiger partial charge in [0.2, 0.25) is 11.2 Å². The number of hydrogen-bond donors (Lipinski definition) is 1. The summed E-state index contributed by atoms with van der Waals surface area (Å²) in [6.45, 7) is 1.17. The van der Waals surface area contributed by atoms with Gasteiger partial charge in [0.1, 0.15) is 11.3 Å². The molecule has 0 saturated carbocycles. The number of fused-ring (bicyclic) bond motifs is 1. The highest BCUT2D eigenvalue weighted by molar-refractivity contribution is 6.31. The van der Waals surface area contributed by atoms with Crippen molar-refractivity contribution in [2.45, 2.75) is 6.92 Å². The van der Waals surface area contributed by atoms with Gasteiger partial charge in [0.05, 0.1) is 16.8 Å². The fourth-order valence-corrected chi connectivity index (χ4v) is 4.40. The van der Waals surface area contributed by atoms with E-state index in [0.717, 1.165) is 0 Å². The molecule has 0 atom stereocenters. The van der Waals surface area contributed by atoms with Crippen molar-refractivity contribution in [3.8, 4) is 22.8 Å². The lowest BCUT2D eigenvalue weighted by molar-refractivity contribution is -0.118. The van der Waals surface area contributed by atoms with Crippen LogP contribution in [0.15, 0.2) is 86.8 Å². The highest BCUT2D eigenvalue weighted by Crippen LogP contribution is 2.32. The topological polar surface area (TPSA) is 95.5 Å². The van der Waals surface area contributed by atoms with Crippen molar-refractivity contribution < 1.29 is 13.9 Å². The number of halogens is 2. The Morgan fingerprint density at radius 2 is 1.66 bits per heavy atom. The fourth-order valence-electron chi connectivity index (χ4n) is 4.10. The summed E-state index contributed by atoms with van der Waals surface area (Å²) in [4.78, 5) is 39.4. The molecule has 0 aliphatic carbocycles. The van der Waals surface area contributed by atoms with E-state index in [2.05, 4.69) is 5.32 Å². The molecular weight excluding hydrogens is 529 g/mol. The van der Waals surface area contributed by atoms with Gasteiger partial charge in [0.15, 0.2) is 12.4 Å². The molecule has 0 aliphatic rings. The first kappa shape index (κ1) is 25.4. The van der Waals surface area contributed by atoms with Crippen molar-refractivity contribution >= 4 is 45.8 Å². The molecule has 0 spiro atoms. The Hall–Kier alpha value is -4.27. The maximum atomic E-state index is 13.4. The first-order chi connectivity index (χ1) is 18.2. The summed E-state index contributed by atoms with van der Waals surface area (Å²) in [5, 5.41) is 3.68. The fraction of sp³-hybridized carbons (Fsp3) is 0.107. The molecule has 5 aromatic rings. The number of hydrogen-bond acceptors (Lipinski definition) is 5. The van der Waals surface area contributed by atoms with Gasteiger partial charge >= 0.3 is 0 Å². The standard InChI is InChI=1S/C28H21Cl2N3O5/c1-16-24(28(36)33(32(16)2)20-6-4-3-5-7-20)31-23(34)15-37-27-25(35)21-14-19(30)12-13-22(21)38-26(27)17-8-10-18(29)11-9-17/h3-14H,15H2,1-2H3,(H,31,34). The second-order valence-corrected chi connectivity index (χ2v) is 9.38. The van der Waals surface area contributed by atoms with Gasteiger partial charge in [-0.3, -0.25) is 19.1 Å². The third-order valence-corrected chi connectivity index (χ3v) is 6.57. The second kappa shape index (κ2) is 10.2. The van der Waals surface area contributed by atoms with Crippen LogP contribution in [-0.2, 0) is 11.8 Å². The molecule has 0 unspecified atom stereocenters. The minimum atomic E-state index is -0.622. The average Bonchev–Trinajstić information content (AvgIpc) is 3.12. The number of carbonyl (C=O) groups is 1. The van der Waals surface area contributed by atoms with Crippen molar-refractivity contribution in [3.05, 3.63) is 109 Å². The van der Waals surface area contributed by atoms with Crippen LogP contribution in [0.4, 0.5) is 5.69 Å². The second-order valence-electron chi connectivity index (χ2n) is 8.51. The number of amides is 1. The molecule has 3 aromatic carbocycles. The summed E-state index contributed by atoms with van der Waals surface area (Å²) >= 11 is 12.1. The molecule has 1 N–H and O–H groups in total. The quantitative estimate of drug-likeness (QED) is 0.298. The van der Waals surface area contributed by atoms with Crippen LogP contribution in [0.2, 0.25) is 10.0 Å². The Bertz CT molecular complexity index is 1790. The third kappa shape index (κ3) is 4.71. The highest BCUT2D eigenvalue weighted by atomic mass is 35.5. The molecule has 2 heterocycles. The van der Waals surface area contributed by atoms with Gasteiger partial charge in [-0.15, -0.1) is 0 Å². The molecule has 0 radical (unpaired) electrons. The van der Waals surface area contributed by atoms with E-state index >= 15 is 0 Å². The molecule has 0 saturated heterocycles. The van der Waals surface area contributed by atoms with E-state index < -0.39 is 23.5 Å². The van der Waals surface area contributed by atoms with Gasteiger partial charge < -0.3 is 14.5 Å². The summed E-state index contributed by atoms with van der Waals surface area (Å²) in [7, 11) is 1.72. The van der Waals surface area contributed by atoms with Crippen molar-refractivity contribution in [2.24, 2.45) is 7.05 Å². The monoisotopic (exact) mass is 549 g/mol. The lowest BCUT2D eigenvalue weighted by Crippen LogP contribution is -2.26. The summed E-state index contributed by atoms with van der Waals surface area (Å²) in [6, 6.07) is 20.4. The van der Waals surface area contributed by atoms with Gasteiger partial charge in [-0.2, -0.15) is 0 Å². The van der Waals surface area contributed by atoms with E-state index in [-0.39, 0.29) is 22.6 Å². The predicted molar refractivity (Wildman–Crippen MR) is 148 cm³/mol. The summed E-state index contributed by atoms with van der Waals surface area (Å²) < 4.78 is 14.8. The number of anilines is 1. The minimum absolute atomic E-state index is 0.111. The van der Waals surface area contributed by atoms with Crippen LogP contribution in [-0.4, -0.2) is 21.9 Å². The molecule has 0 bridgehead atoms. The van der Waals surface area contributed by atoms with Crippen LogP contribution in [0, 0.1) is 6.92 Å². The Morgan fingerprint density at radius 3 is 2.37 bits per heavy atom. The lowest BCUT2D eigenvalue weighted by Gasteiger charge is -2.12. The van der Waals surface area contributed by atoms with Crippen molar-refractivity contribution in [1.82, 2.24) is 9.36 Å². The Labute approximate surface area is 226 Å². The third-order valence-electron chi connectivity index (χ3n) is 6.08. The van der Waals surface area contributed by atoms with Crippen LogP contribution in [0.3, 0.4) is 0 Å². The van der Waals surface area contributed by atoms with E-state index in [1.165, 1.54) is 10.7 Å². The van der Waals surface area contributed by atoms with Gasteiger partial charge in [0.25, 0.3) is 11.5 Å². The van der Waals surface area contributed by atoms with Crippen molar-refractivity contribution in [3.63, 3.8) is 0 Å². The van der Waals surface area contributed by atoms with Crippen LogP contribution < -0.4 is 21.0 Å². The number of aromatic nitrogens is 2. The Morgan fingerprint density at radius 1 is 0.974 bits per heavy atom. The van der Waals surface area contributed by atoms with E-state index in [1.54, 1.807) is 67.2 Å². The van der Waals surface area contributed by atoms with E-state index in [4.69, 9.17) is 32.4 Å². The molecule has 10 heteroatoms. The molecule has 0 fully saturated rings. The van der Waals surface area contributed by atoms with E-state index in [9.17, 15) is 14.4 Å². The van der Waals surface area contributed by atoms with Crippen LogP contribution in [0.5, 0.6) is 5.75 Å². The highest BCUT2D eigenvalue weighted by Gasteiger charge is 2.21. The zero-order valence-corrected chi connectivity index (χ0v) is 21.8. The van der Waals surface area contributed by atoms with E-state index in [1.807, 2.05) is 18.2 Å². The van der Waals surface area contributed by atoms with Gasteiger partial charge in [-0.05, 0) is 61.5 Å². The zero-order valence-electron chi connectivity index (χ0n) is 20.3. The number of nitrogens with zero attached hydrogens (tertiary/aromatic N) is 2. The predicted octanol–water partition coefficient (Wildman–Crippen LogP) is 5.58. The number of carbonyl (C=O) groups excluding carboxylic acids is 1. The minimum Gasteiger partial charge on any atom is -0.476 e. The molecule has 38 heavy (non-hydrogen) atoms. The molecule has 1 amide bonds. The Kier molecular flexibility index (Phi) is 6.84. The van der Waals surface area contributed by atoms with Gasteiger partial charge in [-0.1, -0.05) is 41.4 Å². The van der Waals surface area contributed by atoms with E-state index in [0.29, 0.717) is 32.6 Å². The summed E-state index contributed by atoms with van der Waals surface area (Å²) in [5.74, 6) is -0.649. The van der Waals surface area contributed by atoms with Crippen LogP contribution >= 0.6 is 23.2 Å². The SMILES string of the molecule is Cc1c(NC(=O)COc2c(-c3ccc(Cl)cc3)oc3ccc(Cl)cc3c2=O)c(=O)n(-c2ccccc2)n1C. The molecule has 5 rings (SSSR count). The smallest absolute Gasteiger partial charge is 0.295 e. The zero-order chi connectivity index (χ0) is 27.0. The molecule has 0 aliphatic heterocycles. The lowest BCUT2D eigenvalue weighted by atomic mass is 10.1. The summed E-state index contributed by atoms with van der Waals surface area (Å²) in [5.41, 5.74) is 1.26. The first-order valence-electron chi connectivity index (χ1n) is 11.5. The molecule has 2 aromatic heterocycles. The Balaban J connectivity index is 1.47. The number of benzene rings is 3. The largest absolute Gasteiger partial charge is 0.476 e. The van der Waals surface area contributed by atoms with Crippen molar-refractivity contribution in [2.75, 3.05) is 11.9 Å². The summed E-state index contributed by atoms with van der Waals surface area (Å²) in [6.07, 6.45) is 0. The molecular formula is C28H21Cl2N3O5.